The van der Waals surface area contributed by atoms with Gasteiger partial charge in [0.05, 0.1) is 0 Å². The summed E-state index contributed by atoms with van der Waals surface area (Å²) in [6, 6.07) is 2.65. The lowest BCUT2D eigenvalue weighted by atomic mass is 10.1. The van der Waals surface area contributed by atoms with Gasteiger partial charge in [0.1, 0.15) is 17.6 Å². The molecule has 0 saturated carbocycles. The first kappa shape index (κ1) is 10.3. The largest absolute Gasteiger partial charge is 0.383 e. The molecule has 1 heterocycles. The maximum Gasteiger partial charge on any atom is 0.264 e. The Hall–Kier alpha value is -1.74. The monoisotopic (exact) mass is 198 g/mol. The fourth-order valence-electron chi connectivity index (χ4n) is 1.09. The number of rotatable bonds is 2. The maximum atomic E-state index is 12.5. The molecule has 6 heteroatoms. The Labute approximate surface area is 79.1 Å². The molecule has 0 saturated heterocycles. The Balaban J connectivity index is 3.37. The van der Waals surface area contributed by atoms with Crippen molar-refractivity contribution in [1.29, 1.82) is 5.26 Å². The molecular formula is C8H8F2N4. The molecule has 0 aliphatic heterocycles. The second-order valence-corrected chi connectivity index (χ2v) is 2.58. The van der Waals surface area contributed by atoms with Crippen molar-refractivity contribution in [2.45, 2.75) is 13.0 Å². The first-order chi connectivity index (χ1) is 6.60. The summed E-state index contributed by atoms with van der Waals surface area (Å²) in [6.07, 6.45) is -2.70. The molecule has 0 aliphatic rings. The fourth-order valence-corrected chi connectivity index (χ4v) is 1.09. The van der Waals surface area contributed by atoms with Crippen LogP contribution in [0, 0.1) is 11.3 Å². The lowest BCUT2D eigenvalue weighted by Gasteiger charge is -2.09. The van der Waals surface area contributed by atoms with Crippen LogP contribution in [0.5, 0.6) is 0 Å². The molecule has 0 amide bonds. The van der Waals surface area contributed by atoms with Crippen molar-refractivity contribution in [3.8, 4) is 6.07 Å². The Morgan fingerprint density at radius 2 is 2.21 bits per heavy atom. The van der Waals surface area contributed by atoms with Crippen molar-refractivity contribution in [3.05, 3.63) is 22.9 Å². The van der Waals surface area contributed by atoms with E-state index >= 15 is 0 Å². The van der Waals surface area contributed by atoms with Crippen LogP contribution in [0.25, 0.3) is 0 Å². The molecule has 14 heavy (non-hydrogen) atoms. The third kappa shape index (κ3) is 1.78. The van der Waals surface area contributed by atoms with Gasteiger partial charge in [-0.25, -0.2) is 13.8 Å². The first-order valence-corrected chi connectivity index (χ1v) is 3.77. The first-order valence-electron chi connectivity index (χ1n) is 3.77. The topological polar surface area (TPSA) is 88.7 Å². The molecule has 0 atom stereocenters. The van der Waals surface area contributed by atoms with Crippen LogP contribution >= 0.6 is 0 Å². The van der Waals surface area contributed by atoms with E-state index in [4.69, 9.17) is 16.7 Å². The van der Waals surface area contributed by atoms with Gasteiger partial charge in [0.25, 0.3) is 6.43 Å². The summed E-state index contributed by atoms with van der Waals surface area (Å²) < 4.78 is 24.9. The van der Waals surface area contributed by atoms with E-state index in [1.165, 1.54) is 0 Å². The average molecular weight is 198 g/mol. The number of nitrogen functional groups attached to an aromatic ring is 1. The van der Waals surface area contributed by atoms with Crippen molar-refractivity contribution < 1.29 is 8.78 Å². The molecule has 1 aromatic rings. The average Bonchev–Trinajstić information content (AvgIpc) is 2.16. The molecule has 1 rings (SSSR count). The van der Waals surface area contributed by atoms with Crippen LogP contribution in [0.15, 0.2) is 6.07 Å². The van der Waals surface area contributed by atoms with Gasteiger partial charge in [-0.3, -0.25) is 0 Å². The quantitative estimate of drug-likeness (QED) is 0.739. The molecule has 74 valence electrons. The van der Waals surface area contributed by atoms with Gasteiger partial charge < -0.3 is 11.5 Å². The number of aromatic nitrogens is 1. The normalized spacial score (nSPS) is 10.2. The van der Waals surface area contributed by atoms with Crippen LogP contribution in [0.2, 0.25) is 0 Å². The van der Waals surface area contributed by atoms with Gasteiger partial charge in [-0.1, -0.05) is 0 Å². The highest BCUT2D eigenvalue weighted by Gasteiger charge is 2.16. The number of hydrogen-bond donors (Lipinski definition) is 2. The zero-order valence-electron chi connectivity index (χ0n) is 7.17. The van der Waals surface area contributed by atoms with Crippen LogP contribution < -0.4 is 11.5 Å². The SMILES string of the molecule is N#Cc1cc(C(F)F)c(CN)c(N)n1. The van der Waals surface area contributed by atoms with Gasteiger partial charge in [0.15, 0.2) is 0 Å². The van der Waals surface area contributed by atoms with Crippen LogP contribution in [-0.4, -0.2) is 4.98 Å². The molecule has 0 bridgehead atoms. The second-order valence-electron chi connectivity index (χ2n) is 2.58. The summed E-state index contributed by atoms with van der Waals surface area (Å²) in [7, 11) is 0. The van der Waals surface area contributed by atoms with Crippen molar-refractivity contribution >= 4 is 5.82 Å². The predicted octanol–water partition coefficient (Wildman–Crippen LogP) is 0.932. The Kier molecular flexibility index (Phi) is 2.94. The lowest BCUT2D eigenvalue weighted by Crippen LogP contribution is -2.09. The fraction of sp³-hybridized carbons (Fsp3) is 0.250. The van der Waals surface area contributed by atoms with Crippen LogP contribution in [-0.2, 0) is 6.54 Å². The predicted molar refractivity (Wildman–Crippen MR) is 46.2 cm³/mol. The van der Waals surface area contributed by atoms with E-state index in [1.807, 2.05) is 0 Å². The van der Waals surface area contributed by atoms with Crippen LogP contribution in [0.1, 0.15) is 23.2 Å². The number of hydrogen-bond acceptors (Lipinski definition) is 4. The van der Waals surface area contributed by atoms with E-state index in [9.17, 15) is 8.78 Å². The van der Waals surface area contributed by atoms with E-state index in [1.54, 1.807) is 6.07 Å². The zero-order valence-corrected chi connectivity index (χ0v) is 7.17. The van der Waals surface area contributed by atoms with Gasteiger partial charge >= 0.3 is 0 Å². The summed E-state index contributed by atoms with van der Waals surface area (Å²) in [6.45, 7) is -0.121. The summed E-state index contributed by atoms with van der Waals surface area (Å²) >= 11 is 0. The maximum absolute atomic E-state index is 12.5. The minimum atomic E-state index is -2.70. The zero-order chi connectivity index (χ0) is 10.7. The summed E-state index contributed by atoms with van der Waals surface area (Å²) in [4.78, 5) is 3.61. The smallest absolute Gasteiger partial charge is 0.264 e. The van der Waals surface area contributed by atoms with Gasteiger partial charge in [-0.15, -0.1) is 0 Å². The Morgan fingerprint density at radius 1 is 1.57 bits per heavy atom. The van der Waals surface area contributed by atoms with Crippen molar-refractivity contribution in [2.24, 2.45) is 5.73 Å². The van der Waals surface area contributed by atoms with Crippen LogP contribution in [0.4, 0.5) is 14.6 Å². The third-order valence-corrected chi connectivity index (χ3v) is 1.74. The van der Waals surface area contributed by atoms with Gasteiger partial charge in [-0.2, -0.15) is 5.26 Å². The van der Waals surface area contributed by atoms with E-state index in [2.05, 4.69) is 4.98 Å². The summed E-state index contributed by atoms with van der Waals surface area (Å²) in [5.74, 6) is -0.109. The molecule has 4 N–H and O–H groups in total. The number of halogens is 2. The molecule has 0 fully saturated rings. The number of nitriles is 1. The molecule has 0 aromatic carbocycles. The molecule has 1 aromatic heterocycles. The molecule has 0 spiro atoms. The van der Waals surface area contributed by atoms with E-state index in [-0.39, 0.29) is 29.2 Å². The van der Waals surface area contributed by atoms with Crippen LogP contribution in [0.3, 0.4) is 0 Å². The summed E-state index contributed by atoms with van der Waals surface area (Å²) in [5.41, 5.74) is 10.3. The van der Waals surface area contributed by atoms with E-state index in [0.717, 1.165) is 6.07 Å². The van der Waals surface area contributed by atoms with Crippen molar-refractivity contribution in [3.63, 3.8) is 0 Å². The molecular weight excluding hydrogens is 190 g/mol. The van der Waals surface area contributed by atoms with Crippen molar-refractivity contribution in [2.75, 3.05) is 5.73 Å². The highest BCUT2D eigenvalue weighted by atomic mass is 19.3. The molecule has 0 unspecified atom stereocenters. The molecule has 4 nitrogen and oxygen atoms in total. The number of pyridine rings is 1. The number of anilines is 1. The van der Waals surface area contributed by atoms with Gasteiger partial charge in [0, 0.05) is 17.7 Å². The standard InChI is InChI=1S/C8H8F2N4/c9-7(10)5-1-4(2-11)14-8(13)6(5)3-12/h1,7H,3,12H2,(H2,13,14). The van der Waals surface area contributed by atoms with Crippen molar-refractivity contribution in [1.82, 2.24) is 4.98 Å². The molecule has 0 aliphatic carbocycles. The second kappa shape index (κ2) is 3.98. The highest BCUT2D eigenvalue weighted by molar-refractivity contribution is 5.48. The third-order valence-electron chi connectivity index (χ3n) is 1.74. The molecule has 0 radical (unpaired) electrons. The summed E-state index contributed by atoms with van der Waals surface area (Å²) in [5, 5.41) is 8.49. The number of nitrogens with two attached hydrogens (primary N) is 2. The Morgan fingerprint density at radius 3 is 2.64 bits per heavy atom. The minimum Gasteiger partial charge on any atom is -0.383 e. The minimum absolute atomic E-state index is 0.0963. The number of nitrogens with zero attached hydrogens (tertiary/aromatic N) is 2. The van der Waals surface area contributed by atoms with Gasteiger partial charge in [0.2, 0.25) is 0 Å². The van der Waals surface area contributed by atoms with E-state index < -0.39 is 6.43 Å². The number of alkyl halides is 2. The Bertz CT molecular complexity index is 384. The lowest BCUT2D eigenvalue weighted by molar-refractivity contribution is 0.150. The van der Waals surface area contributed by atoms with Gasteiger partial charge in [-0.05, 0) is 6.07 Å². The van der Waals surface area contributed by atoms with E-state index in [0.29, 0.717) is 0 Å². The highest BCUT2D eigenvalue weighted by Crippen LogP contribution is 2.26.